The van der Waals surface area contributed by atoms with Gasteiger partial charge < -0.3 is 10.1 Å². The zero-order chi connectivity index (χ0) is 13.7. The van der Waals surface area contributed by atoms with Crippen molar-refractivity contribution in [2.24, 2.45) is 0 Å². The summed E-state index contributed by atoms with van der Waals surface area (Å²) in [6.45, 7) is 3.53. The monoisotopic (exact) mass is 285 g/mol. The minimum atomic E-state index is -0.637. The molecule has 0 aliphatic heterocycles. The van der Waals surface area contributed by atoms with E-state index in [1.54, 1.807) is 0 Å². The predicted octanol–water partition coefficient (Wildman–Crippen LogP) is 3.11. The molecular formula is C12H13F2N3OS. The van der Waals surface area contributed by atoms with E-state index in [1.165, 1.54) is 11.3 Å². The maximum Gasteiger partial charge on any atom is 0.299 e. The summed E-state index contributed by atoms with van der Waals surface area (Å²) < 4.78 is 31.5. The molecular weight excluding hydrogens is 272 g/mol. The number of halogens is 2. The lowest BCUT2D eigenvalue weighted by molar-refractivity contribution is 0.430. The van der Waals surface area contributed by atoms with Gasteiger partial charge in [0.1, 0.15) is 10.8 Å². The highest BCUT2D eigenvalue weighted by Gasteiger charge is 2.10. The van der Waals surface area contributed by atoms with Crippen molar-refractivity contribution in [2.45, 2.75) is 19.9 Å². The summed E-state index contributed by atoms with van der Waals surface area (Å²) in [6, 6.07) is 3.02. The summed E-state index contributed by atoms with van der Waals surface area (Å²) in [7, 11) is 0. The van der Waals surface area contributed by atoms with Crippen molar-refractivity contribution < 1.29 is 13.5 Å². The van der Waals surface area contributed by atoms with Crippen LogP contribution < -0.4 is 10.1 Å². The fourth-order valence-corrected chi connectivity index (χ4v) is 2.04. The molecule has 0 bridgehead atoms. The Balaban J connectivity index is 2.01. The molecule has 19 heavy (non-hydrogen) atoms. The van der Waals surface area contributed by atoms with Gasteiger partial charge >= 0.3 is 0 Å². The molecule has 0 amide bonds. The smallest absolute Gasteiger partial charge is 0.299 e. The molecule has 0 aliphatic rings. The van der Waals surface area contributed by atoms with E-state index in [1.807, 2.05) is 0 Å². The van der Waals surface area contributed by atoms with Crippen LogP contribution in [0.3, 0.4) is 0 Å². The highest BCUT2D eigenvalue weighted by Crippen LogP contribution is 2.27. The molecule has 2 rings (SSSR count). The molecule has 1 heterocycles. The molecule has 0 spiro atoms. The number of hydrogen-bond acceptors (Lipinski definition) is 5. The molecule has 4 nitrogen and oxygen atoms in total. The van der Waals surface area contributed by atoms with Gasteiger partial charge in [0.05, 0.1) is 0 Å². The van der Waals surface area contributed by atoms with Crippen LogP contribution in [0.2, 0.25) is 0 Å². The zero-order valence-electron chi connectivity index (χ0n) is 10.3. The molecule has 102 valence electrons. The average Bonchev–Trinajstić information content (AvgIpc) is 2.82. The van der Waals surface area contributed by atoms with Crippen LogP contribution in [-0.2, 0) is 6.54 Å². The molecule has 0 unspecified atom stereocenters. The highest BCUT2D eigenvalue weighted by atomic mass is 32.1. The Kier molecular flexibility index (Phi) is 4.75. The summed E-state index contributed by atoms with van der Waals surface area (Å²) in [6.07, 6.45) is 1.02. The van der Waals surface area contributed by atoms with Gasteiger partial charge in [-0.05, 0) is 25.1 Å². The molecule has 0 saturated carbocycles. The van der Waals surface area contributed by atoms with Crippen molar-refractivity contribution in [3.8, 4) is 10.9 Å². The Morgan fingerprint density at radius 3 is 2.95 bits per heavy atom. The zero-order valence-corrected chi connectivity index (χ0v) is 11.1. The van der Waals surface area contributed by atoms with E-state index in [9.17, 15) is 8.78 Å². The van der Waals surface area contributed by atoms with E-state index in [4.69, 9.17) is 4.74 Å². The fraction of sp³-hybridized carbons (Fsp3) is 0.333. The average molecular weight is 285 g/mol. The number of nitrogens with one attached hydrogen (secondary N) is 1. The highest BCUT2D eigenvalue weighted by molar-refractivity contribution is 7.13. The number of ether oxygens (including phenoxy) is 1. The third-order valence-corrected chi connectivity index (χ3v) is 3.04. The maximum absolute atomic E-state index is 13.4. The van der Waals surface area contributed by atoms with Gasteiger partial charge in [-0.25, -0.2) is 8.78 Å². The van der Waals surface area contributed by atoms with Crippen LogP contribution in [0.25, 0.3) is 0 Å². The molecule has 1 N–H and O–H groups in total. The molecule has 7 heteroatoms. The van der Waals surface area contributed by atoms with Crippen molar-refractivity contribution in [3.05, 3.63) is 34.8 Å². The van der Waals surface area contributed by atoms with Crippen molar-refractivity contribution in [3.63, 3.8) is 0 Å². The molecule has 0 radical (unpaired) electrons. The first-order chi connectivity index (χ1) is 9.19. The van der Waals surface area contributed by atoms with Crippen molar-refractivity contribution in [2.75, 3.05) is 6.54 Å². The van der Waals surface area contributed by atoms with Gasteiger partial charge in [0.25, 0.3) is 5.19 Å². The van der Waals surface area contributed by atoms with Crippen LogP contribution in [0.4, 0.5) is 8.78 Å². The van der Waals surface area contributed by atoms with Gasteiger partial charge in [0.2, 0.25) is 0 Å². The standard InChI is InChI=1S/C12H13F2N3OS/c1-2-5-15-7-11-16-17-12(19-11)18-10-6-8(13)3-4-9(10)14/h3-4,6,15H,2,5,7H2,1H3. The van der Waals surface area contributed by atoms with E-state index in [2.05, 4.69) is 22.4 Å². The second-order valence-corrected chi connectivity index (χ2v) is 4.84. The van der Waals surface area contributed by atoms with Crippen molar-refractivity contribution in [1.29, 1.82) is 0 Å². The Morgan fingerprint density at radius 2 is 2.16 bits per heavy atom. The molecule has 0 aliphatic carbocycles. The van der Waals surface area contributed by atoms with E-state index in [0.717, 1.165) is 36.2 Å². The Hall–Kier alpha value is -1.60. The quantitative estimate of drug-likeness (QED) is 0.828. The fourth-order valence-electron chi connectivity index (χ4n) is 1.37. The first-order valence-electron chi connectivity index (χ1n) is 5.85. The van der Waals surface area contributed by atoms with Crippen LogP contribution in [-0.4, -0.2) is 16.7 Å². The lowest BCUT2D eigenvalue weighted by atomic mass is 10.3. The van der Waals surface area contributed by atoms with Gasteiger partial charge in [-0.1, -0.05) is 23.4 Å². The molecule has 0 saturated heterocycles. The number of aromatic nitrogens is 2. The number of hydrogen-bond donors (Lipinski definition) is 1. The first-order valence-corrected chi connectivity index (χ1v) is 6.66. The summed E-state index contributed by atoms with van der Waals surface area (Å²) in [4.78, 5) is 0. The topological polar surface area (TPSA) is 47.0 Å². The van der Waals surface area contributed by atoms with E-state index in [-0.39, 0.29) is 10.9 Å². The SMILES string of the molecule is CCCNCc1nnc(Oc2cc(F)ccc2F)s1. The predicted molar refractivity (Wildman–Crippen MR) is 68.3 cm³/mol. The van der Waals surface area contributed by atoms with Gasteiger partial charge in [0, 0.05) is 12.6 Å². The van der Waals surface area contributed by atoms with Crippen molar-refractivity contribution >= 4 is 11.3 Å². The third-order valence-electron chi connectivity index (χ3n) is 2.24. The van der Waals surface area contributed by atoms with Crippen LogP contribution in [0.5, 0.6) is 10.9 Å². The second kappa shape index (κ2) is 6.53. The molecule has 0 fully saturated rings. The van der Waals surface area contributed by atoms with Crippen LogP contribution in [0.15, 0.2) is 18.2 Å². The van der Waals surface area contributed by atoms with Gasteiger partial charge in [-0.2, -0.15) is 0 Å². The van der Waals surface area contributed by atoms with Gasteiger partial charge in [0.15, 0.2) is 11.6 Å². The Bertz CT molecular complexity index is 548. The summed E-state index contributed by atoms with van der Waals surface area (Å²) in [5, 5.41) is 11.8. The minimum Gasteiger partial charge on any atom is -0.427 e. The van der Waals surface area contributed by atoms with Crippen LogP contribution >= 0.6 is 11.3 Å². The largest absolute Gasteiger partial charge is 0.427 e. The third kappa shape index (κ3) is 3.93. The molecule has 1 aromatic carbocycles. The normalized spacial score (nSPS) is 10.7. The van der Waals surface area contributed by atoms with Gasteiger partial charge in [-0.15, -0.1) is 5.10 Å². The van der Waals surface area contributed by atoms with Gasteiger partial charge in [-0.3, -0.25) is 0 Å². The number of rotatable bonds is 6. The Morgan fingerprint density at radius 1 is 1.32 bits per heavy atom. The summed E-state index contributed by atoms with van der Waals surface area (Å²) >= 11 is 1.20. The lowest BCUT2D eigenvalue weighted by Gasteiger charge is -2.02. The minimum absolute atomic E-state index is 0.191. The molecule has 2 aromatic rings. The summed E-state index contributed by atoms with van der Waals surface area (Å²) in [5.74, 6) is -1.39. The lowest BCUT2D eigenvalue weighted by Crippen LogP contribution is -2.13. The second-order valence-electron chi connectivity index (χ2n) is 3.82. The first kappa shape index (κ1) is 13.8. The van der Waals surface area contributed by atoms with E-state index < -0.39 is 11.6 Å². The number of benzene rings is 1. The number of nitrogens with zero attached hydrogens (tertiary/aromatic N) is 2. The summed E-state index contributed by atoms with van der Waals surface area (Å²) in [5.41, 5.74) is 0. The van der Waals surface area contributed by atoms with Crippen LogP contribution in [0.1, 0.15) is 18.4 Å². The van der Waals surface area contributed by atoms with E-state index in [0.29, 0.717) is 6.54 Å². The van der Waals surface area contributed by atoms with Crippen molar-refractivity contribution in [1.82, 2.24) is 15.5 Å². The van der Waals surface area contributed by atoms with E-state index >= 15 is 0 Å². The maximum atomic E-state index is 13.4. The molecule has 0 atom stereocenters. The van der Waals surface area contributed by atoms with Crippen LogP contribution in [0, 0.1) is 11.6 Å². The Labute approximate surface area is 113 Å². The molecule has 1 aromatic heterocycles.